The van der Waals surface area contributed by atoms with E-state index in [1.54, 1.807) is 13.1 Å². The molecule has 0 aliphatic carbocycles. The lowest BCUT2D eigenvalue weighted by Gasteiger charge is -2.32. The lowest BCUT2D eigenvalue weighted by atomic mass is 9.95. The number of hydrogen-bond donors (Lipinski definition) is 0. The maximum atomic E-state index is 11.4. The van der Waals surface area contributed by atoms with E-state index in [0.717, 1.165) is 31.7 Å². The van der Waals surface area contributed by atoms with Gasteiger partial charge in [0.1, 0.15) is 11.6 Å². The van der Waals surface area contributed by atoms with Gasteiger partial charge in [-0.15, -0.1) is 0 Å². The minimum atomic E-state index is 0.159. The number of nitrogens with zero attached hydrogens (tertiary/aromatic N) is 2. The number of halogens is 1. The fourth-order valence-electron chi connectivity index (χ4n) is 2.07. The fraction of sp³-hybridized carbons (Fsp3) is 0.500. The molecular weight excluding hydrogens is 224 g/mol. The van der Waals surface area contributed by atoms with Crippen LogP contribution in [0.5, 0.6) is 0 Å². The Bertz CT molecular complexity index is 377. The Hall–Kier alpha value is -1.09. The van der Waals surface area contributed by atoms with E-state index in [-0.39, 0.29) is 11.7 Å². The molecule has 1 aliphatic rings. The van der Waals surface area contributed by atoms with Crippen LogP contribution < -0.4 is 4.90 Å². The van der Waals surface area contributed by atoms with Crippen molar-refractivity contribution in [3.8, 4) is 0 Å². The summed E-state index contributed by atoms with van der Waals surface area (Å²) < 4.78 is 0. The van der Waals surface area contributed by atoms with E-state index < -0.39 is 0 Å². The monoisotopic (exact) mass is 238 g/mol. The molecule has 86 valence electrons. The van der Waals surface area contributed by atoms with Gasteiger partial charge in [0.15, 0.2) is 0 Å². The van der Waals surface area contributed by atoms with Gasteiger partial charge in [-0.2, -0.15) is 0 Å². The molecule has 16 heavy (non-hydrogen) atoms. The van der Waals surface area contributed by atoms with Crippen molar-refractivity contribution in [3.05, 3.63) is 23.4 Å². The molecule has 1 saturated heterocycles. The number of anilines is 1. The molecule has 2 rings (SSSR count). The maximum absolute atomic E-state index is 11.4. The molecule has 0 saturated carbocycles. The van der Waals surface area contributed by atoms with Gasteiger partial charge in [-0.25, -0.2) is 4.98 Å². The van der Waals surface area contributed by atoms with Gasteiger partial charge in [0.05, 0.1) is 5.02 Å². The highest BCUT2D eigenvalue weighted by Gasteiger charge is 2.23. The van der Waals surface area contributed by atoms with Crippen LogP contribution in [0.2, 0.25) is 5.02 Å². The molecule has 0 amide bonds. The Balaban J connectivity index is 2.09. The zero-order chi connectivity index (χ0) is 11.5. The van der Waals surface area contributed by atoms with Crippen molar-refractivity contribution in [2.24, 2.45) is 5.92 Å². The summed E-state index contributed by atoms with van der Waals surface area (Å²) in [5.41, 5.74) is 0. The second-order valence-corrected chi connectivity index (χ2v) is 4.67. The van der Waals surface area contributed by atoms with Gasteiger partial charge in [-0.3, -0.25) is 4.79 Å². The van der Waals surface area contributed by atoms with Crippen LogP contribution in [-0.2, 0) is 4.79 Å². The third-order valence-corrected chi connectivity index (χ3v) is 3.26. The summed E-state index contributed by atoms with van der Waals surface area (Å²) in [4.78, 5) is 17.8. The van der Waals surface area contributed by atoms with E-state index in [0.29, 0.717) is 5.02 Å². The van der Waals surface area contributed by atoms with Crippen LogP contribution in [0.3, 0.4) is 0 Å². The van der Waals surface area contributed by atoms with E-state index in [4.69, 9.17) is 11.6 Å². The average Bonchev–Trinajstić information content (AvgIpc) is 2.30. The number of carbonyl (C=O) groups is 1. The van der Waals surface area contributed by atoms with Crippen LogP contribution in [0.25, 0.3) is 0 Å². The smallest absolute Gasteiger partial charge is 0.134 e. The summed E-state index contributed by atoms with van der Waals surface area (Å²) in [7, 11) is 0. The number of pyridine rings is 1. The first-order valence-corrected chi connectivity index (χ1v) is 5.91. The Morgan fingerprint density at radius 1 is 1.56 bits per heavy atom. The Labute approximate surface area is 100 Å². The van der Waals surface area contributed by atoms with Gasteiger partial charge in [0.2, 0.25) is 0 Å². The second-order valence-electron chi connectivity index (χ2n) is 4.23. The van der Waals surface area contributed by atoms with Crippen LogP contribution >= 0.6 is 11.6 Å². The number of ketones is 1. The average molecular weight is 239 g/mol. The third-order valence-electron chi connectivity index (χ3n) is 3.03. The predicted octanol–water partition coefficient (Wildman–Crippen LogP) is 2.54. The van der Waals surface area contributed by atoms with Crippen LogP contribution in [0.15, 0.2) is 18.3 Å². The molecule has 0 radical (unpaired) electrons. The normalized spacial score (nSPS) is 20.9. The standard InChI is InChI=1S/C12H15ClN2O/c1-9(16)10-3-2-6-15(8-10)12-5-4-11(13)7-14-12/h4-5,7,10H,2-3,6,8H2,1H3. The molecule has 1 atom stereocenters. The van der Waals surface area contributed by atoms with Crippen LogP contribution in [-0.4, -0.2) is 23.9 Å². The molecular formula is C12H15ClN2O. The van der Waals surface area contributed by atoms with E-state index in [9.17, 15) is 4.79 Å². The van der Waals surface area contributed by atoms with Crippen molar-refractivity contribution in [2.45, 2.75) is 19.8 Å². The predicted molar refractivity (Wildman–Crippen MR) is 64.9 cm³/mol. The second kappa shape index (κ2) is 4.83. The molecule has 1 aliphatic heterocycles. The number of carbonyl (C=O) groups excluding carboxylic acids is 1. The van der Waals surface area contributed by atoms with E-state index in [2.05, 4.69) is 9.88 Å². The highest BCUT2D eigenvalue weighted by Crippen LogP contribution is 2.22. The quantitative estimate of drug-likeness (QED) is 0.794. The Morgan fingerprint density at radius 3 is 3.00 bits per heavy atom. The van der Waals surface area contributed by atoms with Crippen LogP contribution in [0.4, 0.5) is 5.82 Å². The zero-order valence-corrected chi connectivity index (χ0v) is 10.1. The lowest BCUT2D eigenvalue weighted by Crippen LogP contribution is -2.38. The van der Waals surface area contributed by atoms with Gasteiger partial charge in [-0.05, 0) is 31.9 Å². The molecule has 1 aromatic heterocycles. The summed E-state index contributed by atoms with van der Waals surface area (Å²) in [6.07, 6.45) is 3.70. The van der Waals surface area contributed by atoms with Crippen LogP contribution in [0.1, 0.15) is 19.8 Å². The van der Waals surface area contributed by atoms with Crippen molar-refractivity contribution in [1.82, 2.24) is 4.98 Å². The number of rotatable bonds is 2. The molecule has 0 aromatic carbocycles. The minimum absolute atomic E-state index is 0.159. The fourth-order valence-corrected chi connectivity index (χ4v) is 2.18. The third kappa shape index (κ3) is 2.53. The summed E-state index contributed by atoms with van der Waals surface area (Å²) in [6.45, 7) is 3.42. The van der Waals surface area contributed by atoms with Gasteiger partial charge < -0.3 is 4.90 Å². The first-order chi connectivity index (χ1) is 7.66. The largest absolute Gasteiger partial charge is 0.356 e. The molecule has 0 N–H and O–H groups in total. The van der Waals surface area contributed by atoms with E-state index in [1.807, 2.05) is 12.1 Å². The number of aromatic nitrogens is 1. The Morgan fingerprint density at radius 2 is 2.38 bits per heavy atom. The van der Waals surface area contributed by atoms with Gasteiger partial charge in [-0.1, -0.05) is 11.6 Å². The van der Waals surface area contributed by atoms with Crippen molar-refractivity contribution in [1.29, 1.82) is 0 Å². The van der Waals surface area contributed by atoms with Gasteiger partial charge >= 0.3 is 0 Å². The summed E-state index contributed by atoms with van der Waals surface area (Å²) in [5.74, 6) is 1.35. The molecule has 1 aromatic rings. The van der Waals surface area contributed by atoms with Crippen molar-refractivity contribution < 1.29 is 4.79 Å². The highest BCUT2D eigenvalue weighted by molar-refractivity contribution is 6.30. The maximum Gasteiger partial charge on any atom is 0.134 e. The highest BCUT2D eigenvalue weighted by atomic mass is 35.5. The lowest BCUT2D eigenvalue weighted by molar-refractivity contribution is -0.120. The van der Waals surface area contributed by atoms with Crippen molar-refractivity contribution in [2.75, 3.05) is 18.0 Å². The van der Waals surface area contributed by atoms with E-state index >= 15 is 0 Å². The number of Topliss-reactive ketones (excluding diaryl/α,β-unsaturated/α-hetero) is 1. The molecule has 4 heteroatoms. The number of hydrogen-bond acceptors (Lipinski definition) is 3. The zero-order valence-electron chi connectivity index (χ0n) is 9.32. The molecule has 1 fully saturated rings. The Kier molecular flexibility index (Phi) is 3.44. The van der Waals surface area contributed by atoms with E-state index in [1.165, 1.54) is 0 Å². The van der Waals surface area contributed by atoms with Gasteiger partial charge in [0.25, 0.3) is 0 Å². The minimum Gasteiger partial charge on any atom is -0.356 e. The summed E-state index contributed by atoms with van der Waals surface area (Å²) in [5, 5.41) is 0.642. The first-order valence-electron chi connectivity index (χ1n) is 5.54. The SMILES string of the molecule is CC(=O)C1CCCN(c2ccc(Cl)cn2)C1. The summed E-state index contributed by atoms with van der Waals surface area (Å²) >= 11 is 5.79. The number of piperidine rings is 1. The first kappa shape index (κ1) is 11.4. The van der Waals surface area contributed by atoms with Gasteiger partial charge in [0, 0.05) is 25.2 Å². The van der Waals surface area contributed by atoms with Crippen LogP contribution in [0, 0.1) is 5.92 Å². The molecule has 3 nitrogen and oxygen atoms in total. The molecule has 0 spiro atoms. The molecule has 2 heterocycles. The van der Waals surface area contributed by atoms with Crippen molar-refractivity contribution >= 4 is 23.2 Å². The molecule has 1 unspecified atom stereocenters. The summed E-state index contributed by atoms with van der Waals surface area (Å²) in [6, 6.07) is 3.74. The van der Waals surface area contributed by atoms with Crippen molar-refractivity contribution in [3.63, 3.8) is 0 Å². The molecule has 0 bridgehead atoms. The topological polar surface area (TPSA) is 33.2 Å².